The van der Waals surface area contributed by atoms with Crippen LogP contribution < -0.4 is 10.5 Å². The number of para-hydroxylation sites is 1. The van der Waals surface area contributed by atoms with Crippen LogP contribution in [0, 0.1) is 10.1 Å². The maximum absolute atomic E-state index is 10.7. The fourth-order valence-electron chi connectivity index (χ4n) is 1.74. The molecule has 2 N–H and O–H groups in total. The SMILES string of the molecule is NCc1ccccc1OCc1ccc([N+](=O)[O-])cc1Br. The van der Waals surface area contributed by atoms with Gasteiger partial charge < -0.3 is 10.5 Å². The number of rotatable bonds is 5. The minimum absolute atomic E-state index is 0.0444. The van der Waals surface area contributed by atoms with Crippen LogP contribution in [0.3, 0.4) is 0 Å². The van der Waals surface area contributed by atoms with Crippen LogP contribution >= 0.6 is 15.9 Å². The van der Waals surface area contributed by atoms with Gasteiger partial charge in [-0.25, -0.2) is 0 Å². The Hall–Kier alpha value is -1.92. The summed E-state index contributed by atoms with van der Waals surface area (Å²) in [6, 6.07) is 12.1. The molecule has 0 aliphatic heterocycles. The molecule has 0 aliphatic carbocycles. The molecule has 104 valence electrons. The zero-order valence-electron chi connectivity index (χ0n) is 10.6. The van der Waals surface area contributed by atoms with Crippen molar-refractivity contribution in [1.29, 1.82) is 0 Å². The van der Waals surface area contributed by atoms with Crippen molar-refractivity contribution in [3.8, 4) is 5.75 Å². The molecule has 0 fully saturated rings. The summed E-state index contributed by atoms with van der Waals surface area (Å²) in [6.45, 7) is 0.715. The van der Waals surface area contributed by atoms with Gasteiger partial charge in [0.05, 0.1) is 4.92 Å². The second-order valence-electron chi connectivity index (χ2n) is 4.13. The Morgan fingerprint density at radius 2 is 1.95 bits per heavy atom. The fourth-order valence-corrected chi connectivity index (χ4v) is 2.22. The summed E-state index contributed by atoms with van der Waals surface area (Å²) in [5.74, 6) is 0.722. The summed E-state index contributed by atoms with van der Waals surface area (Å²) < 4.78 is 6.37. The van der Waals surface area contributed by atoms with Crippen molar-refractivity contribution < 1.29 is 9.66 Å². The zero-order valence-corrected chi connectivity index (χ0v) is 12.2. The van der Waals surface area contributed by atoms with Crippen molar-refractivity contribution >= 4 is 21.6 Å². The van der Waals surface area contributed by atoms with Crippen LogP contribution in [-0.2, 0) is 13.2 Å². The summed E-state index contributed by atoms with van der Waals surface area (Å²) in [5, 5.41) is 10.7. The van der Waals surface area contributed by atoms with E-state index in [0.29, 0.717) is 17.6 Å². The van der Waals surface area contributed by atoms with E-state index in [1.54, 1.807) is 6.07 Å². The van der Waals surface area contributed by atoms with Gasteiger partial charge in [-0.15, -0.1) is 0 Å². The van der Waals surface area contributed by atoms with Crippen LogP contribution in [0.2, 0.25) is 0 Å². The van der Waals surface area contributed by atoms with Crippen molar-refractivity contribution in [2.45, 2.75) is 13.2 Å². The molecule has 5 nitrogen and oxygen atoms in total. The van der Waals surface area contributed by atoms with Gasteiger partial charge in [0, 0.05) is 34.3 Å². The molecule has 0 aliphatic rings. The molecule has 0 saturated carbocycles. The lowest BCUT2D eigenvalue weighted by Gasteiger charge is -2.11. The number of hydrogen-bond acceptors (Lipinski definition) is 4. The first-order valence-corrected chi connectivity index (χ1v) is 6.74. The number of benzene rings is 2. The number of ether oxygens (including phenoxy) is 1. The molecule has 2 rings (SSSR count). The molecule has 2 aromatic carbocycles. The van der Waals surface area contributed by atoms with E-state index in [4.69, 9.17) is 10.5 Å². The molecule has 0 unspecified atom stereocenters. The molecule has 0 aromatic heterocycles. The Bertz CT molecular complexity index is 632. The quantitative estimate of drug-likeness (QED) is 0.670. The van der Waals surface area contributed by atoms with Crippen LogP contribution in [0.15, 0.2) is 46.9 Å². The minimum atomic E-state index is -0.431. The van der Waals surface area contributed by atoms with Gasteiger partial charge in [0.1, 0.15) is 12.4 Å². The van der Waals surface area contributed by atoms with Gasteiger partial charge >= 0.3 is 0 Å². The molecule has 6 heteroatoms. The lowest BCUT2D eigenvalue weighted by molar-refractivity contribution is -0.384. The third-order valence-electron chi connectivity index (χ3n) is 2.82. The number of nitro groups is 1. The smallest absolute Gasteiger partial charge is 0.270 e. The van der Waals surface area contributed by atoms with Crippen molar-refractivity contribution in [3.63, 3.8) is 0 Å². The normalized spacial score (nSPS) is 10.3. The van der Waals surface area contributed by atoms with Gasteiger partial charge in [-0.1, -0.05) is 34.1 Å². The van der Waals surface area contributed by atoms with Gasteiger partial charge in [0.15, 0.2) is 0 Å². The van der Waals surface area contributed by atoms with Crippen LogP contribution in [0.1, 0.15) is 11.1 Å². The molecule has 0 amide bonds. The number of nitrogens with two attached hydrogens (primary N) is 1. The number of halogens is 1. The van der Waals surface area contributed by atoms with Crippen LogP contribution in [0.4, 0.5) is 5.69 Å². The maximum Gasteiger partial charge on any atom is 0.270 e. The van der Waals surface area contributed by atoms with Crippen LogP contribution in [0.25, 0.3) is 0 Å². The molecule has 20 heavy (non-hydrogen) atoms. The van der Waals surface area contributed by atoms with E-state index in [0.717, 1.165) is 16.9 Å². The molecule has 0 atom stereocenters. The summed E-state index contributed by atoms with van der Waals surface area (Å²) in [6.07, 6.45) is 0. The van der Waals surface area contributed by atoms with E-state index < -0.39 is 4.92 Å². The van der Waals surface area contributed by atoms with Gasteiger partial charge in [-0.05, 0) is 12.1 Å². The highest BCUT2D eigenvalue weighted by Gasteiger charge is 2.10. The standard InChI is InChI=1S/C14H13BrN2O3/c15-13-7-12(17(18)19)6-5-11(13)9-20-14-4-2-1-3-10(14)8-16/h1-7H,8-9,16H2. The number of non-ortho nitro benzene ring substituents is 1. The van der Waals surface area contributed by atoms with Gasteiger partial charge in [0.2, 0.25) is 0 Å². The third-order valence-corrected chi connectivity index (χ3v) is 3.56. The molecule has 0 heterocycles. The lowest BCUT2D eigenvalue weighted by atomic mass is 10.2. The van der Waals surface area contributed by atoms with Gasteiger partial charge in [-0.3, -0.25) is 10.1 Å². The van der Waals surface area contributed by atoms with Crippen molar-refractivity contribution in [1.82, 2.24) is 0 Å². The monoisotopic (exact) mass is 336 g/mol. The third kappa shape index (κ3) is 3.34. The lowest BCUT2D eigenvalue weighted by Crippen LogP contribution is -2.03. The van der Waals surface area contributed by atoms with E-state index in [1.165, 1.54) is 12.1 Å². The molecule has 0 saturated heterocycles. The average Bonchev–Trinajstić information content (AvgIpc) is 2.46. The van der Waals surface area contributed by atoms with Gasteiger partial charge in [-0.2, -0.15) is 0 Å². The second-order valence-corrected chi connectivity index (χ2v) is 4.99. The Morgan fingerprint density at radius 3 is 2.60 bits per heavy atom. The fraction of sp³-hybridized carbons (Fsp3) is 0.143. The Labute approximate surface area is 124 Å². The molecule has 0 bridgehead atoms. The Morgan fingerprint density at radius 1 is 1.20 bits per heavy atom. The van der Waals surface area contributed by atoms with E-state index >= 15 is 0 Å². The van der Waals surface area contributed by atoms with Gasteiger partial charge in [0.25, 0.3) is 5.69 Å². The topological polar surface area (TPSA) is 78.4 Å². The highest BCUT2D eigenvalue weighted by atomic mass is 79.9. The Kier molecular flexibility index (Phi) is 4.70. The Balaban J connectivity index is 2.13. The first kappa shape index (κ1) is 14.5. The van der Waals surface area contributed by atoms with Crippen molar-refractivity contribution in [2.24, 2.45) is 5.73 Å². The van der Waals surface area contributed by atoms with Crippen LogP contribution in [0.5, 0.6) is 5.75 Å². The van der Waals surface area contributed by atoms with Crippen molar-refractivity contribution in [2.75, 3.05) is 0 Å². The minimum Gasteiger partial charge on any atom is -0.489 e. The van der Waals surface area contributed by atoms with E-state index in [-0.39, 0.29) is 5.69 Å². The molecule has 0 radical (unpaired) electrons. The molecule has 2 aromatic rings. The summed E-state index contributed by atoms with van der Waals surface area (Å²) in [4.78, 5) is 10.2. The first-order valence-electron chi connectivity index (χ1n) is 5.95. The first-order chi connectivity index (χ1) is 9.61. The largest absolute Gasteiger partial charge is 0.489 e. The summed E-state index contributed by atoms with van der Waals surface area (Å²) in [7, 11) is 0. The molecular formula is C14H13BrN2O3. The summed E-state index contributed by atoms with van der Waals surface area (Å²) in [5.41, 5.74) is 7.44. The average molecular weight is 337 g/mol. The number of nitrogens with zero attached hydrogens (tertiary/aromatic N) is 1. The summed E-state index contributed by atoms with van der Waals surface area (Å²) >= 11 is 3.32. The van der Waals surface area contributed by atoms with E-state index in [1.807, 2.05) is 24.3 Å². The van der Waals surface area contributed by atoms with Crippen LogP contribution in [-0.4, -0.2) is 4.92 Å². The number of nitro benzene ring substituents is 1. The maximum atomic E-state index is 10.7. The molecule has 0 spiro atoms. The van der Waals surface area contributed by atoms with Crippen molar-refractivity contribution in [3.05, 3.63) is 68.2 Å². The predicted octanol–water partition coefficient (Wildman–Crippen LogP) is 3.40. The highest BCUT2D eigenvalue weighted by Crippen LogP contribution is 2.25. The highest BCUT2D eigenvalue weighted by molar-refractivity contribution is 9.10. The second kappa shape index (κ2) is 6.49. The number of hydrogen-bond donors (Lipinski definition) is 1. The molecular weight excluding hydrogens is 324 g/mol. The van der Waals surface area contributed by atoms with E-state index in [9.17, 15) is 10.1 Å². The van der Waals surface area contributed by atoms with E-state index in [2.05, 4.69) is 15.9 Å². The zero-order chi connectivity index (χ0) is 14.5. The predicted molar refractivity (Wildman–Crippen MR) is 79.5 cm³/mol.